The zero-order chi connectivity index (χ0) is 21.3. The van der Waals surface area contributed by atoms with Crippen molar-refractivity contribution in [3.05, 3.63) is 86.3 Å². The standard InChI is InChI=1S/C22H22N4O4/c1-25-20-19(23-18(24-20)12-15-5-4-6-17(11-15)30-3)21(27)26(22(25)28)13-14-7-9-16(29-2)10-8-14/h4-11H,12-13H2,1-3H3,(H,23,24). The number of fused-ring (bicyclic) bond motifs is 1. The zero-order valence-corrected chi connectivity index (χ0v) is 17.0. The van der Waals surface area contributed by atoms with Gasteiger partial charge in [-0.15, -0.1) is 0 Å². The molecule has 1 N–H and O–H groups in total. The van der Waals surface area contributed by atoms with Gasteiger partial charge in [0.1, 0.15) is 22.8 Å². The first-order valence-corrected chi connectivity index (χ1v) is 9.44. The average molecular weight is 406 g/mol. The smallest absolute Gasteiger partial charge is 0.332 e. The number of aryl methyl sites for hydroxylation is 1. The Bertz CT molecular complexity index is 1320. The van der Waals surface area contributed by atoms with Gasteiger partial charge in [-0.2, -0.15) is 0 Å². The topological polar surface area (TPSA) is 91.1 Å². The van der Waals surface area contributed by atoms with E-state index in [0.717, 1.165) is 16.9 Å². The van der Waals surface area contributed by atoms with E-state index in [2.05, 4.69) is 9.97 Å². The minimum atomic E-state index is -0.414. The van der Waals surface area contributed by atoms with Crippen LogP contribution in [0.5, 0.6) is 11.5 Å². The Morgan fingerprint density at radius 3 is 2.40 bits per heavy atom. The summed E-state index contributed by atoms with van der Waals surface area (Å²) < 4.78 is 13.0. The highest BCUT2D eigenvalue weighted by Crippen LogP contribution is 2.16. The fraction of sp³-hybridized carbons (Fsp3) is 0.227. The summed E-state index contributed by atoms with van der Waals surface area (Å²) in [5.74, 6) is 2.07. The molecule has 4 aromatic rings. The summed E-state index contributed by atoms with van der Waals surface area (Å²) in [6, 6.07) is 14.9. The third-order valence-corrected chi connectivity index (χ3v) is 5.03. The van der Waals surface area contributed by atoms with Gasteiger partial charge in [0.2, 0.25) is 0 Å². The molecule has 0 bridgehead atoms. The van der Waals surface area contributed by atoms with Crippen LogP contribution in [0.3, 0.4) is 0 Å². The maximum atomic E-state index is 13.0. The number of ether oxygens (including phenoxy) is 2. The van der Waals surface area contributed by atoms with E-state index in [4.69, 9.17) is 9.47 Å². The van der Waals surface area contributed by atoms with E-state index in [1.54, 1.807) is 33.4 Å². The molecule has 0 spiro atoms. The van der Waals surface area contributed by atoms with Crippen molar-refractivity contribution >= 4 is 11.2 Å². The van der Waals surface area contributed by atoms with Gasteiger partial charge in [0, 0.05) is 13.5 Å². The van der Waals surface area contributed by atoms with Crippen LogP contribution in [-0.4, -0.2) is 33.3 Å². The van der Waals surface area contributed by atoms with Gasteiger partial charge in [0.15, 0.2) is 5.65 Å². The molecule has 0 aliphatic carbocycles. The number of H-pyrrole nitrogens is 1. The van der Waals surface area contributed by atoms with Crippen LogP contribution in [0.2, 0.25) is 0 Å². The predicted octanol–water partition coefficient (Wildman–Crippen LogP) is 2.08. The lowest BCUT2D eigenvalue weighted by atomic mass is 10.1. The first kappa shape index (κ1) is 19.5. The van der Waals surface area contributed by atoms with Crippen molar-refractivity contribution in [2.24, 2.45) is 7.05 Å². The molecule has 0 aliphatic heterocycles. The summed E-state index contributed by atoms with van der Waals surface area (Å²) in [6.45, 7) is 0.162. The molecule has 0 amide bonds. The van der Waals surface area contributed by atoms with Crippen molar-refractivity contribution in [2.45, 2.75) is 13.0 Å². The Hall–Kier alpha value is -3.81. The highest BCUT2D eigenvalue weighted by molar-refractivity contribution is 5.69. The zero-order valence-electron chi connectivity index (χ0n) is 17.0. The van der Waals surface area contributed by atoms with Gasteiger partial charge in [-0.25, -0.2) is 9.78 Å². The highest BCUT2D eigenvalue weighted by Gasteiger charge is 2.16. The third kappa shape index (κ3) is 3.59. The number of benzene rings is 2. The van der Waals surface area contributed by atoms with Crippen LogP contribution in [-0.2, 0) is 20.0 Å². The second kappa shape index (κ2) is 7.90. The van der Waals surface area contributed by atoms with Gasteiger partial charge in [0.05, 0.1) is 20.8 Å². The number of hydrogen-bond acceptors (Lipinski definition) is 5. The largest absolute Gasteiger partial charge is 0.497 e. The highest BCUT2D eigenvalue weighted by atomic mass is 16.5. The minimum absolute atomic E-state index is 0.162. The Labute approximate surface area is 172 Å². The molecule has 0 unspecified atom stereocenters. The number of aromatic amines is 1. The van der Waals surface area contributed by atoms with E-state index in [9.17, 15) is 9.59 Å². The lowest BCUT2D eigenvalue weighted by molar-refractivity contribution is 0.414. The molecular weight excluding hydrogens is 384 g/mol. The van der Waals surface area contributed by atoms with Crippen molar-refractivity contribution < 1.29 is 9.47 Å². The predicted molar refractivity (Wildman–Crippen MR) is 113 cm³/mol. The van der Waals surface area contributed by atoms with Crippen molar-refractivity contribution in [1.82, 2.24) is 19.1 Å². The first-order valence-electron chi connectivity index (χ1n) is 9.44. The molecule has 8 nitrogen and oxygen atoms in total. The van der Waals surface area contributed by atoms with E-state index in [1.165, 1.54) is 9.13 Å². The van der Waals surface area contributed by atoms with Crippen molar-refractivity contribution in [3.8, 4) is 11.5 Å². The summed E-state index contributed by atoms with van der Waals surface area (Å²) in [5.41, 5.74) is 1.65. The monoisotopic (exact) mass is 406 g/mol. The molecule has 0 saturated heterocycles. The molecule has 0 aliphatic rings. The van der Waals surface area contributed by atoms with E-state index in [1.807, 2.05) is 36.4 Å². The SMILES string of the molecule is COc1ccc(Cn2c(=O)c3[nH]c(Cc4cccc(OC)c4)nc3n(C)c2=O)cc1. The van der Waals surface area contributed by atoms with E-state index in [0.29, 0.717) is 29.2 Å². The number of nitrogens with zero attached hydrogens (tertiary/aromatic N) is 3. The Morgan fingerprint density at radius 1 is 0.967 bits per heavy atom. The maximum absolute atomic E-state index is 13.0. The summed E-state index contributed by atoms with van der Waals surface area (Å²) in [6.07, 6.45) is 0.484. The quantitative estimate of drug-likeness (QED) is 0.529. The van der Waals surface area contributed by atoms with Gasteiger partial charge in [-0.3, -0.25) is 13.9 Å². The number of nitrogens with one attached hydrogen (secondary N) is 1. The number of methoxy groups -OCH3 is 2. The average Bonchev–Trinajstić information content (AvgIpc) is 3.20. The number of aromatic nitrogens is 4. The molecule has 154 valence electrons. The normalized spacial score (nSPS) is 11.0. The molecule has 0 saturated carbocycles. The lowest BCUT2D eigenvalue weighted by Crippen LogP contribution is -2.39. The van der Waals surface area contributed by atoms with E-state index < -0.39 is 11.2 Å². The van der Waals surface area contributed by atoms with Gasteiger partial charge < -0.3 is 14.5 Å². The minimum Gasteiger partial charge on any atom is -0.497 e. The maximum Gasteiger partial charge on any atom is 0.332 e. The molecule has 8 heteroatoms. The molecule has 0 fully saturated rings. The van der Waals surface area contributed by atoms with Crippen LogP contribution >= 0.6 is 0 Å². The van der Waals surface area contributed by atoms with Crippen LogP contribution in [0.4, 0.5) is 0 Å². The molecule has 4 rings (SSSR count). The van der Waals surface area contributed by atoms with Crippen molar-refractivity contribution in [1.29, 1.82) is 0 Å². The number of hydrogen-bond donors (Lipinski definition) is 1. The van der Waals surface area contributed by atoms with Crippen LogP contribution in [0, 0.1) is 0 Å². The van der Waals surface area contributed by atoms with Crippen molar-refractivity contribution in [3.63, 3.8) is 0 Å². The van der Waals surface area contributed by atoms with Crippen LogP contribution in [0.1, 0.15) is 17.0 Å². The first-order chi connectivity index (χ1) is 14.5. The number of rotatable bonds is 6. The molecule has 30 heavy (non-hydrogen) atoms. The fourth-order valence-electron chi connectivity index (χ4n) is 3.41. The Morgan fingerprint density at radius 2 is 1.70 bits per heavy atom. The summed E-state index contributed by atoms with van der Waals surface area (Å²) in [7, 11) is 4.82. The summed E-state index contributed by atoms with van der Waals surface area (Å²) in [4.78, 5) is 33.4. The second-order valence-electron chi connectivity index (χ2n) is 6.99. The third-order valence-electron chi connectivity index (χ3n) is 5.03. The Balaban J connectivity index is 1.72. The molecule has 2 aromatic carbocycles. The molecule has 0 atom stereocenters. The van der Waals surface area contributed by atoms with Crippen LogP contribution < -0.4 is 20.7 Å². The summed E-state index contributed by atoms with van der Waals surface area (Å²) >= 11 is 0. The van der Waals surface area contributed by atoms with Crippen LogP contribution in [0.15, 0.2) is 58.1 Å². The Kier molecular flexibility index (Phi) is 5.14. The van der Waals surface area contributed by atoms with Crippen LogP contribution in [0.25, 0.3) is 11.2 Å². The molecule has 0 radical (unpaired) electrons. The van der Waals surface area contributed by atoms with E-state index in [-0.39, 0.29) is 6.54 Å². The fourth-order valence-corrected chi connectivity index (χ4v) is 3.41. The molecule has 2 heterocycles. The van der Waals surface area contributed by atoms with Gasteiger partial charge in [-0.1, -0.05) is 24.3 Å². The summed E-state index contributed by atoms with van der Waals surface area (Å²) in [5, 5.41) is 0. The van der Waals surface area contributed by atoms with Gasteiger partial charge in [-0.05, 0) is 35.4 Å². The van der Waals surface area contributed by atoms with E-state index >= 15 is 0 Å². The van der Waals surface area contributed by atoms with Gasteiger partial charge >= 0.3 is 5.69 Å². The number of imidazole rings is 1. The lowest BCUT2D eigenvalue weighted by Gasteiger charge is -2.08. The molecule has 2 aromatic heterocycles. The second-order valence-corrected chi connectivity index (χ2v) is 6.99. The van der Waals surface area contributed by atoms with Gasteiger partial charge in [0.25, 0.3) is 5.56 Å². The van der Waals surface area contributed by atoms with Crippen molar-refractivity contribution in [2.75, 3.05) is 14.2 Å². The molecular formula is C22H22N4O4.